The summed E-state index contributed by atoms with van der Waals surface area (Å²) in [5.74, 6) is -0.508. The number of nitrogens with one attached hydrogen (secondary N) is 1. The molecule has 176 valence electrons. The van der Waals surface area contributed by atoms with E-state index in [9.17, 15) is 14.4 Å². The van der Waals surface area contributed by atoms with Crippen LogP contribution in [0, 0.1) is 13.8 Å². The zero-order chi connectivity index (χ0) is 24.2. The quantitative estimate of drug-likeness (QED) is 0.477. The lowest BCUT2D eigenvalue weighted by Gasteiger charge is -2.25. The summed E-state index contributed by atoms with van der Waals surface area (Å²) in [6, 6.07) is 15.9. The molecule has 4 rings (SSSR count). The monoisotopic (exact) mass is 476 g/mol. The predicted molar refractivity (Wildman–Crippen MR) is 133 cm³/mol. The van der Waals surface area contributed by atoms with E-state index in [0.29, 0.717) is 29.8 Å². The normalized spacial score (nSPS) is 13.8. The lowest BCUT2D eigenvalue weighted by atomic mass is 10.1. The van der Waals surface area contributed by atoms with E-state index in [4.69, 9.17) is 0 Å². The Bertz CT molecular complexity index is 1190. The highest BCUT2D eigenvalue weighted by Gasteiger charge is 2.42. The number of aromatic nitrogens is 2. The van der Waals surface area contributed by atoms with Gasteiger partial charge >= 0.3 is 0 Å². The number of aryl methyl sites for hydroxylation is 1. The second kappa shape index (κ2) is 10.3. The van der Waals surface area contributed by atoms with Crippen molar-refractivity contribution in [3.8, 4) is 0 Å². The first-order valence-electron chi connectivity index (χ1n) is 11.2. The van der Waals surface area contributed by atoms with Crippen LogP contribution in [0.4, 0.5) is 0 Å². The maximum absolute atomic E-state index is 13.3. The van der Waals surface area contributed by atoms with Gasteiger partial charge in [0.1, 0.15) is 6.04 Å². The van der Waals surface area contributed by atoms with E-state index in [-0.39, 0.29) is 12.5 Å². The molecule has 0 spiro atoms. The third-order valence-electron chi connectivity index (χ3n) is 6.18. The summed E-state index contributed by atoms with van der Waals surface area (Å²) in [7, 11) is 0. The van der Waals surface area contributed by atoms with Crippen LogP contribution in [0.1, 0.15) is 49.7 Å². The summed E-state index contributed by atoms with van der Waals surface area (Å²) in [4.78, 5) is 40.4. The van der Waals surface area contributed by atoms with Crippen LogP contribution in [0.3, 0.4) is 0 Å². The predicted octanol–water partition coefficient (Wildman–Crippen LogP) is 3.58. The van der Waals surface area contributed by atoms with E-state index in [1.54, 1.807) is 36.0 Å². The van der Waals surface area contributed by atoms with Crippen LogP contribution in [-0.2, 0) is 17.9 Å². The van der Waals surface area contributed by atoms with E-state index >= 15 is 0 Å². The Balaban J connectivity index is 1.50. The Morgan fingerprint density at radius 3 is 2.24 bits per heavy atom. The fraction of sp³-hybridized carbons (Fsp3) is 0.308. The highest BCUT2D eigenvalue weighted by atomic mass is 32.2. The number of fused-ring (bicyclic) bond motifs is 1. The molecule has 0 fully saturated rings. The van der Waals surface area contributed by atoms with Gasteiger partial charge in [0.15, 0.2) is 0 Å². The maximum Gasteiger partial charge on any atom is 0.262 e. The summed E-state index contributed by atoms with van der Waals surface area (Å²) < 4.78 is 1.93. The smallest absolute Gasteiger partial charge is 0.262 e. The second-order valence-electron chi connectivity index (χ2n) is 8.33. The Labute approximate surface area is 203 Å². The number of benzene rings is 2. The van der Waals surface area contributed by atoms with Crippen molar-refractivity contribution in [3.05, 3.63) is 88.2 Å². The Hall–Kier alpha value is -3.39. The number of carbonyl (C=O) groups excluding carboxylic acids is 3. The first-order valence-corrected chi connectivity index (χ1v) is 12.6. The maximum atomic E-state index is 13.3. The zero-order valence-electron chi connectivity index (χ0n) is 19.6. The van der Waals surface area contributed by atoms with Crippen LogP contribution in [0.5, 0.6) is 0 Å². The van der Waals surface area contributed by atoms with Crippen LogP contribution in [-0.4, -0.2) is 50.5 Å². The third-order valence-corrected chi connectivity index (χ3v) is 6.83. The van der Waals surface area contributed by atoms with Gasteiger partial charge in [-0.25, -0.2) is 0 Å². The third kappa shape index (κ3) is 4.63. The average Bonchev–Trinajstić information content (AvgIpc) is 3.25. The summed E-state index contributed by atoms with van der Waals surface area (Å²) in [5, 5.41) is 7.61. The minimum atomic E-state index is -0.861. The van der Waals surface area contributed by atoms with Gasteiger partial charge in [-0.2, -0.15) is 16.9 Å². The number of hydrogen-bond donors (Lipinski definition) is 1. The molecule has 2 aromatic carbocycles. The van der Waals surface area contributed by atoms with Crippen molar-refractivity contribution in [2.24, 2.45) is 0 Å². The van der Waals surface area contributed by atoms with Crippen molar-refractivity contribution in [3.63, 3.8) is 0 Å². The molecule has 7 nitrogen and oxygen atoms in total. The number of nitrogens with zero attached hydrogens (tertiary/aromatic N) is 3. The number of rotatable bonds is 9. The zero-order valence-corrected chi connectivity index (χ0v) is 20.4. The number of imide groups is 1. The molecule has 0 bridgehead atoms. The van der Waals surface area contributed by atoms with Crippen molar-refractivity contribution in [2.75, 3.05) is 12.0 Å². The molecule has 1 N–H and O–H groups in total. The SMILES string of the molecule is CSCC[C@H](C(=O)NCc1c(C)nn(Cc2ccccc2)c1C)N1C(=O)c2ccccc2C1=O. The van der Waals surface area contributed by atoms with Crippen molar-refractivity contribution in [1.82, 2.24) is 20.0 Å². The Morgan fingerprint density at radius 1 is 1.00 bits per heavy atom. The van der Waals surface area contributed by atoms with Gasteiger partial charge in [-0.3, -0.25) is 24.0 Å². The standard InChI is InChI=1S/C26H28N4O3S/c1-17-22(18(2)29(28-17)16-19-9-5-4-6-10-19)15-27-24(31)23(13-14-34-3)30-25(32)20-11-7-8-12-21(20)26(30)33/h4-12,23H,13-16H2,1-3H3,(H,27,31)/t23-/m1/s1. The van der Waals surface area contributed by atoms with Gasteiger partial charge in [0.05, 0.1) is 23.4 Å². The molecule has 2 heterocycles. The molecule has 3 aromatic rings. The molecule has 0 radical (unpaired) electrons. The molecule has 3 amide bonds. The molecule has 0 saturated carbocycles. The van der Waals surface area contributed by atoms with Gasteiger partial charge < -0.3 is 5.32 Å². The minimum Gasteiger partial charge on any atom is -0.350 e. The van der Waals surface area contributed by atoms with Crippen LogP contribution >= 0.6 is 11.8 Å². The molecule has 1 aromatic heterocycles. The summed E-state index contributed by atoms with van der Waals surface area (Å²) >= 11 is 1.57. The Morgan fingerprint density at radius 2 is 1.62 bits per heavy atom. The molecule has 1 aliphatic heterocycles. The number of carbonyl (C=O) groups is 3. The van der Waals surface area contributed by atoms with Gasteiger partial charge in [-0.15, -0.1) is 0 Å². The van der Waals surface area contributed by atoms with E-state index in [2.05, 4.69) is 22.5 Å². The van der Waals surface area contributed by atoms with Crippen molar-refractivity contribution >= 4 is 29.5 Å². The van der Waals surface area contributed by atoms with Crippen molar-refractivity contribution < 1.29 is 14.4 Å². The van der Waals surface area contributed by atoms with Gasteiger partial charge in [-0.05, 0) is 50.0 Å². The lowest BCUT2D eigenvalue weighted by Crippen LogP contribution is -2.49. The van der Waals surface area contributed by atoms with E-state index < -0.39 is 17.9 Å². The number of thioether (sulfide) groups is 1. The highest BCUT2D eigenvalue weighted by molar-refractivity contribution is 7.98. The van der Waals surface area contributed by atoms with Gasteiger partial charge in [0.25, 0.3) is 11.8 Å². The molecule has 0 aliphatic carbocycles. The van der Waals surface area contributed by atoms with Crippen LogP contribution < -0.4 is 5.32 Å². The molecule has 0 saturated heterocycles. The molecular formula is C26H28N4O3S. The first kappa shape index (κ1) is 23.8. The topological polar surface area (TPSA) is 84.3 Å². The van der Waals surface area contributed by atoms with Crippen molar-refractivity contribution in [2.45, 2.75) is 39.4 Å². The van der Waals surface area contributed by atoms with E-state index in [1.165, 1.54) is 0 Å². The van der Waals surface area contributed by atoms with Gasteiger partial charge in [-0.1, -0.05) is 42.5 Å². The second-order valence-corrected chi connectivity index (χ2v) is 9.32. The molecule has 34 heavy (non-hydrogen) atoms. The summed E-state index contributed by atoms with van der Waals surface area (Å²) in [6.07, 6.45) is 2.33. The lowest BCUT2D eigenvalue weighted by molar-refractivity contribution is -0.125. The van der Waals surface area contributed by atoms with Gasteiger partial charge in [0, 0.05) is 17.8 Å². The van der Waals surface area contributed by atoms with Crippen molar-refractivity contribution in [1.29, 1.82) is 0 Å². The fourth-order valence-corrected chi connectivity index (χ4v) is 4.75. The highest BCUT2D eigenvalue weighted by Crippen LogP contribution is 2.26. The van der Waals surface area contributed by atoms with Crippen LogP contribution in [0.25, 0.3) is 0 Å². The molecule has 1 atom stereocenters. The van der Waals surface area contributed by atoms with E-state index in [0.717, 1.165) is 27.4 Å². The average molecular weight is 477 g/mol. The Kier molecular flexibility index (Phi) is 7.17. The van der Waals surface area contributed by atoms with Gasteiger partial charge in [0.2, 0.25) is 5.91 Å². The fourth-order valence-electron chi connectivity index (χ4n) is 4.29. The molecule has 8 heteroatoms. The molecule has 1 aliphatic rings. The van der Waals surface area contributed by atoms with E-state index in [1.807, 2.05) is 43.0 Å². The van der Waals surface area contributed by atoms with Crippen LogP contribution in [0.2, 0.25) is 0 Å². The number of hydrogen-bond acceptors (Lipinski definition) is 5. The summed E-state index contributed by atoms with van der Waals surface area (Å²) in [6.45, 7) is 4.84. The van der Waals surface area contributed by atoms with Crippen LogP contribution in [0.15, 0.2) is 54.6 Å². The molecule has 0 unspecified atom stereocenters. The minimum absolute atomic E-state index is 0.282. The molecular weight excluding hydrogens is 448 g/mol. The first-order chi connectivity index (χ1) is 16.4. The summed E-state index contributed by atoms with van der Waals surface area (Å²) in [5.41, 5.74) is 4.60. The number of amides is 3. The largest absolute Gasteiger partial charge is 0.350 e.